The normalized spacial score (nSPS) is 22.3. The van der Waals surface area contributed by atoms with Crippen LogP contribution in [0, 0.1) is 11.8 Å². The Morgan fingerprint density at radius 3 is 2.60 bits per heavy atom. The van der Waals surface area contributed by atoms with Crippen LogP contribution in [0.2, 0.25) is 0 Å². The number of nitrogens with zero attached hydrogens (tertiary/aromatic N) is 1. The first-order valence-corrected chi connectivity index (χ1v) is 13.7. The molecule has 0 aliphatic heterocycles. The fraction of sp³-hybridized carbons (Fsp3) is 0.571. The zero-order valence-corrected chi connectivity index (χ0v) is 23.6. The molecule has 15 heteroatoms. The Labute approximate surface area is 246 Å². The SMILES string of the molecule is CC(COC(=O)CNC(=O)CCC/C=C\C[C@@H]1[C@@H](/C=C/[C@@H](O)COc2cccc(C(F)(F)F)c2)[C@H](O)C[C@@H]1O)ON(O)O. The zero-order chi connectivity index (χ0) is 32.0. The number of aliphatic hydroxyl groups is 3. The highest BCUT2D eigenvalue weighted by Gasteiger charge is 2.39. The summed E-state index contributed by atoms with van der Waals surface area (Å²) in [6, 6.07) is 4.31. The number of carbonyl (C=O) groups excluding carboxylic acids is 2. The number of hydrogen-bond donors (Lipinski definition) is 6. The number of rotatable bonds is 17. The van der Waals surface area contributed by atoms with Crippen LogP contribution in [0.4, 0.5) is 13.2 Å². The van der Waals surface area contributed by atoms with Crippen LogP contribution < -0.4 is 10.1 Å². The average molecular weight is 621 g/mol. The minimum Gasteiger partial charge on any atom is -0.491 e. The van der Waals surface area contributed by atoms with Gasteiger partial charge in [-0.15, -0.1) is 0 Å². The lowest BCUT2D eigenvalue weighted by Gasteiger charge is -2.19. The Balaban J connectivity index is 1.70. The van der Waals surface area contributed by atoms with Gasteiger partial charge in [0.15, 0.2) is 0 Å². The van der Waals surface area contributed by atoms with Gasteiger partial charge in [-0.3, -0.25) is 20.0 Å². The highest BCUT2D eigenvalue weighted by Crippen LogP contribution is 2.36. The van der Waals surface area contributed by atoms with Gasteiger partial charge in [0.05, 0.1) is 23.2 Å². The molecular formula is C28H39F3N2O10. The third-order valence-electron chi connectivity index (χ3n) is 6.59. The molecule has 0 radical (unpaired) electrons. The van der Waals surface area contributed by atoms with Crippen molar-refractivity contribution in [1.29, 1.82) is 0 Å². The molecule has 0 aromatic heterocycles. The maximum absolute atomic E-state index is 12.9. The average Bonchev–Trinajstić information content (AvgIpc) is 3.20. The summed E-state index contributed by atoms with van der Waals surface area (Å²) >= 11 is 0. The van der Waals surface area contributed by atoms with Gasteiger partial charge in [0.25, 0.3) is 0 Å². The van der Waals surface area contributed by atoms with Crippen molar-refractivity contribution in [3.05, 3.63) is 54.1 Å². The Morgan fingerprint density at radius 2 is 1.91 bits per heavy atom. The Kier molecular flexibility index (Phi) is 15.1. The quantitative estimate of drug-likeness (QED) is 0.0653. The van der Waals surface area contributed by atoms with Crippen LogP contribution in [0.25, 0.3) is 0 Å². The van der Waals surface area contributed by atoms with E-state index in [1.165, 1.54) is 25.1 Å². The molecule has 12 nitrogen and oxygen atoms in total. The van der Waals surface area contributed by atoms with E-state index >= 15 is 0 Å². The van der Waals surface area contributed by atoms with E-state index in [-0.39, 0.29) is 50.2 Å². The number of amides is 1. The molecule has 0 heterocycles. The molecule has 6 N–H and O–H groups in total. The summed E-state index contributed by atoms with van der Waals surface area (Å²) in [6.07, 6.45) is 0.295. The second-order valence-electron chi connectivity index (χ2n) is 10.1. The van der Waals surface area contributed by atoms with Gasteiger partial charge in [-0.05, 0) is 50.3 Å². The van der Waals surface area contributed by atoms with Crippen LogP contribution in [0.3, 0.4) is 0 Å². The molecule has 1 amide bonds. The first kappa shape index (κ1) is 36.1. The van der Waals surface area contributed by atoms with E-state index in [1.807, 2.05) is 12.2 Å². The maximum Gasteiger partial charge on any atom is 0.416 e. The monoisotopic (exact) mass is 620 g/mol. The Bertz CT molecular complexity index is 1070. The standard InChI is InChI=1S/C28H39F3N2O10/c1-18(43-33(39)40)16-42-27(38)15-32-26(37)10-5-3-2-4-9-22-23(25(36)14-24(22)35)12-11-20(34)17-41-21-8-6-7-19(13-21)28(29,30)31/h2,4,6-8,11-13,18,20,22-25,34-36,39-40H,3,5,9-10,14-17H2,1H3,(H,32,37)/b4-2-,12-11+/t18?,20-,22-,23-,24+,25-/m1/s1. The Morgan fingerprint density at radius 1 is 1.16 bits per heavy atom. The second-order valence-corrected chi connectivity index (χ2v) is 10.1. The van der Waals surface area contributed by atoms with Crippen molar-refractivity contribution in [3.8, 4) is 5.75 Å². The summed E-state index contributed by atoms with van der Waals surface area (Å²) in [5.41, 5.74) is -0.867. The van der Waals surface area contributed by atoms with Gasteiger partial charge in [0.2, 0.25) is 5.91 Å². The number of allylic oxidation sites excluding steroid dienone is 2. The predicted molar refractivity (Wildman–Crippen MR) is 143 cm³/mol. The van der Waals surface area contributed by atoms with E-state index in [2.05, 4.69) is 10.2 Å². The molecule has 1 aromatic carbocycles. The second kappa shape index (κ2) is 17.9. The van der Waals surface area contributed by atoms with Gasteiger partial charge in [-0.25, -0.2) is 4.84 Å². The Hall–Kier alpha value is -3.05. The van der Waals surface area contributed by atoms with E-state index in [4.69, 9.17) is 19.9 Å². The van der Waals surface area contributed by atoms with Gasteiger partial charge < -0.3 is 30.1 Å². The van der Waals surface area contributed by atoms with Crippen LogP contribution in [0.5, 0.6) is 5.75 Å². The predicted octanol–water partition coefficient (Wildman–Crippen LogP) is 2.54. The number of unbranched alkanes of at least 4 members (excludes halogenated alkanes) is 1. The van der Waals surface area contributed by atoms with Crippen molar-refractivity contribution in [3.63, 3.8) is 0 Å². The molecule has 2 rings (SSSR count). The van der Waals surface area contributed by atoms with Gasteiger partial charge in [0.1, 0.15) is 37.7 Å². The summed E-state index contributed by atoms with van der Waals surface area (Å²) in [5.74, 6) is -1.92. The van der Waals surface area contributed by atoms with Crippen molar-refractivity contribution in [2.45, 2.75) is 69.6 Å². The van der Waals surface area contributed by atoms with Gasteiger partial charge in [0, 0.05) is 18.8 Å². The summed E-state index contributed by atoms with van der Waals surface area (Å²) in [6.45, 7) is 0.526. The number of halogens is 3. The van der Waals surface area contributed by atoms with E-state index in [0.717, 1.165) is 12.1 Å². The fourth-order valence-corrected chi connectivity index (χ4v) is 4.43. The molecule has 1 aliphatic carbocycles. The number of hydrogen-bond acceptors (Lipinski definition) is 11. The third kappa shape index (κ3) is 13.9. The molecular weight excluding hydrogens is 581 g/mol. The van der Waals surface area contributed by atoms with Crippen molar-refractivity contribution in [1.82, 2.24) is 10.7 Å². The van der Waals surface area contributed by atoms with E-state index in [1.54, 1.807) is 6.08 Å². The van der Waals surface area contributed by atoms with Gasteiger partial charge >= 0.3 is 12.1 Å². The van der Waals surface area contributed by atoms with Crippen molar-refractivity contribution >= 4 is 11.9 Å². The number of alkyl halides is 3. The molecule has 43 heavy (non-hydrogen) atoms. The number of benzene rings is 1. The van der Waals surface area contributed by atoms with Crippen LogP contribution in [-0.4, -0.2) is 87.2 Å². The van der Waals surface area contributed by atoms with Crippen LogP contribution in [0.15, 0.2) is 48.6 Å². The first-order valence-electron chi connectivity index (χ1n) is 13.7. The first-order chi connectivity index (χ1) is 20.3. The van der Waals surface area contributed by atoms with Crippen LogP contribution in [0.1, 0.15) is 44.6 Å². The lowest BCUT2D eigenvalue weighted by Crippen LogP contribution is -2.32. The lowest BCUT2D eigenvalue weighted by atomic mass is 9.89. The highest BCUT2D eigenvalue weighted by atomic mass is 19.4. The van der Waals surface area contributed by atoms with Crippen LogP contribution in [-0.2, 0) is 25.3 Å². The largest absolute Gasteiger partial charge is 0.491 e. The molecule has 1 saturated carbocycles. The molecule has 1 aromatic rings. The molecule has 1 aliphatic rings. The van der Waals surface area contributed by atoms with E-state index < -0.39 is 53.4 Å². The number of esters is 1. The van der Waals surface area contributed by atoms with Crippen molar-refractivity contribution < 1.29 is 62.8 Å². The molecule has 0 bridgehead atoms. The van der Waals surface area contributed by atoms with Gasteiger partial charge in [-0.1, -0.05) is 30.4 Å². The lowest BCUT2D eigenvalue weighted by molar-refractivity contribution is -0.504. The summed E-state index contributed by atoms with van der Waals surface area (Å²) in [5, 5.41) is 49.9. The smallest absolute Gasteiger partial charge is 0.416 e. The number of carbonyl (C=O) groups is 2. The number of nitrogens with one attached hydrogen (secondary N) is 1. The van der Waals surface area contributed by atoms with Gasteiger partial charge in [-0.2, -0.15) is 13.2 Å². The highest BCUT2D eigenvalue weighted by molar-refractivity contribution is 5.81. The van der Waals surface area contributed by atoms with Crippen molar-refractivity contribution in [2.75, 3.05) is 19.8 Å². The fourth-order valence-electron chi connectivity index (χ4n) is 4.43. The number of aliphatic hydroxyl groups excluding tert-OH is 3. The maximum atomic E-state index is 12.9. The minimum absolute atomic E-state index is 0.0436. The number of ether oxygens (including phenoxy) is 2. The molecule has 242 valence electrons. The van der Waals surface area contributed by atoms with E-state index in [9.17, 15) is 38.1 Å². The van der Waals surface area contributed by atoms with E-state index in [0.29, 0.717) is 19.3 Å². The molecule has 6 atom stereocenters. The summed E-state index contributed by atoms with van der Waals surface area (Å²) < 4.78 is 48.7. The molecule has 1 fully saturated rings. The topological polar surface area (TPSA) is 178 Å². The van der Waals surface area contributed by atoms with Crippen LogP contribution >= 0.6 is 0 Å². The zero-order valence-electron chi connectivity index (χ0n) is 23.6. The summed E-state index contributed by atoms with van der Waals surface area (Å²) in [4.78, 5) is 28.0. The molecule has 1 unspecified atom stereocenters. The third-order valence-corrected chi connectivity index (χ3v) is 6.59. The molecule has 0 saturated heterocycles. The summed E-state index contributed by atoms with van der Waals surface area (Å²) in [7, 11) is 0. The minimum atomic E-state index is -4.52. The van der Waals surface area contributed by atoms with Crippen molar-refractivity contribution in [2.24, 2.45) is 11.8 Å². The molecule has 0 spiro atoms.